The van der Waals surface area contributed by atoms with Crippen LogP contribution < -0.4 is 11.5 Å². The van der Waals surface area contributed by atoms with Crippen LogP contribution in [0.1, 0.15) is 5.56 Å². The molecule has 1 aromatic carbocycles. The maximum absolute atomic E-state index is 13.5. The predicted molar refractivity (Wildman–Crippen MR) is 68.9 cm³/mol. The van der Waals surface area contributed by atoms with Crippen molar-refractivity contribution in [3.05, 3.63) is 33.8 Å². The molecule has 0 fully saturated rings. The molecule has 0 spiro atoms. The van der Waals surface area contributed by atoms with Gasteiger partial charge in [0.15, 0.2) is 11.1 Å². The Morgan fingerprint density at radius 3 is 2.65 bits per heavy atom. The molecule has 0 aliphatic carbocycles. The third kappa shape index (κ3) is 3.97. The van der Waals surface area contributed by atoms with E-state index in [1.807, 2.05) is 0 Å². The van der Waals surface area contributed by atoms with E-state index < -0.39 is 11.6 Å². The van der Waals surface area contributed by atoms with Crippen molar-refractivity contribution in [1.29, 1.82) is 5.41 Å². The van der Waals surface area contributed by atoms with Crippen molar-refractivity contribution in [2.75, 3.05) is 0 Å². The summed E-state index contributed by atoms with van der Waals surface area (Å²) in [7, 11) is 0. The van der Waals surface area contributed by atoms with E-state index in [2.05, 4.69) is 20.9 Å². The van der Waals surface area contributed by atoms with Gasteiger partial charge in [-0.05, 0) is 28.1 Å². The predicted octanol–water partition coefficient (Wildman–Crippen LogP) is 2.17. The number of amidine groups is 1. The minimum Gasteiger partial charge on any atom is -0.370 e. The largest absolute Gasteiger partial charge is 0.370 e. The Balaban J connectivity index is 2.80. The SMILES string of the molecule is N=C(N=C(N)N)SCc1c(F)ccc(Br)c1F. The molecule has 0 radical (unpaired) electrons. The second-order valence-electron chi connectivity index (χ2n) is 2.95. The Morgan fingerprint density at radius 1 is 1.41 bits per heavy atom. The second-order valence-corrected chi connectivity index (χ2v) is 4.77. The van der Waals surface area contributed by atoms with Gasteiger partial charge < -0.3 is 11.5 Å². The van der Waals surface area contributed by atoms with Gasteiger partial charge in [0.2, 0.25) is 0 Å². The Hall–Kier alpha value is -1.15. The summed E-state index contributed by atoms with van der Waals surface area (Å²) in [5.74, 6) is -1.68. The van der Waals surface area contributed by atoms with Crippen molar-refractivity contribution in [2.45, 2.75) is 5.75 Å². The molecule has 4 nitrogen and oxygen atoms in total. The summed E-state index contributed by atoms with van der Waals surface area (Å²) in [5.41, 5.74) is 10.0. The Kier molecular flexibility index (Phi) is 4.88. The summed E-state index contributed by atoms with van der Waals surface area (Å²) >= 11 is 3.79. The number of hydrogen-bond acceptors (Lipinski definition) is 2. The molecule has 0 heterocycles. The van der Waals surface area contributed by atoms with Gasteiger partial charge in [0.1, 0.15) is 11.6 Å². The Bertz CT molecular complexity index is 474. The summed E-state index contributed by atoms with van der Waals surface area (Å²) in [5, 5.41) is 7.12. The van der Waals surface area contributed by atoms with E-state index in [0.29, 0.717) is 0 Å². The number of nitrogens with zero attached hydrogens (tertiary/aromatic N) is 1. The highest BCUT2D eigenvalue weighted by Crippen LogP contribution is 2.25. The quantitative estimate of drug-likeness (QED) is 0.443. The number of nitrogens with two attached hydrogens (primary N) is 2. The lowest BCUT2D eigenvalue weighted by atomic mass is 10.2. The highest BCUT2D eigenvalue weighted by Gasteiger charge is 2.13. The van der Waals surface area contributed by atoms with Gasteiger partial charge in [0.05, 0.1) is 4.47 Å². The minimum atomic E-state index is -0.685. The van der Waals surface area contributed by atoms with Crippen LogP contribution in [0.5, 0.6) is 0 Å². The van der Waals surface area contributed by atoms with Gasteiger partial charge in [-0.25, -0.2) is 8.78 Å². The molecule has 0 aliphatic heterocycles. The number of halogens is 3. The number of thioether (sulfide) groups is 1. The lowest BCUT2D eigenvalue weighted by Gasteiger charge is -2.05. The monoisotopic (exact) mass is 322 g/mol. The minimum absolute atomic E-state index is 0.0628. The van der Waals surface area contributed by atoms with Crippen LogP contribution >= 0.6 is 27.7 Å². The molecule has 1 rings (SSSR count). The highest BCUT2D eigenvalue weighted by atomic mass is 79.9. The highest BCUT2D eigenvalue weighted by molar-refractivity contribution is 9.10. The zero-order valence-electron chi connectivity index (χ0n) is 8.51. The van der Waals surface area contributed by atoms with Crippen LogP contribution in [-0.2, 0) is 5.75 Å². The van der Waals surface area contributed by atoms with E-state index in [9.17, 15) is 8.78 Å². The maximum Gasteiger partial charge on any atom is 0.193 e. The fourth-order valence-electron chi connectivity index (χ4n) is 0.991. The third-order valence-corrected chi connectivity index (χ3v) is 3.13. The molecule has 0 bridgehead atoms. The first-order valence-electron chi connectivity index (χ1n) is 4.35. The number of hydrogen-bond donors (Lipinski definition) is 3. The third-order valence-electron chi connectivity index (χ3n) is 1.72. The fourth-order valence-corrected chi connectivity index (χ4v) is 2.08. The molecular formula is C9H9BrF2N4S. The van der Waals surface area contributed by atoms with Crippen LogP contribution in [0.2, 0.25) is 0 Å². The average Bonchev–Trinajstić information content (AvgIpc) is 2.23. The zero-order valence-corrected chi connectivity index (χ0v) is 10.9. The van der Waals surface area contributed by atoms with Crippen molar-refractivity contribution in [2.24, 2.45) is 16.5 Å². The maximum atomic E-state index is 13.5. The first-order valence-corrected chi connectivity index (χ1v) is 6.13. The van der Waals surface area contributed by atoms with E-state index in [0.717, 1.165) is 17.8 Å². The molecule has 0 unspecified atom stereocenters. The molecule has 0 saturated heterocycles. The summed E-state index contributed by atoms with van der Waals surface area (Å²) < 4.78 is 27.0. The van der Waals surface area contributed by atoms with Gasteiger partial charge >= 0.3 is 0 Å². The Labute approximate surface area is 109 Å². The lowest BCUT2D eigenvalue weighted by molar-refractivity contribution is 0.562. The molecule has 0 atom stereocenters. The van der Waals surface area contributed by atoms with Gasteiger partial charge in [0.25, 0.3) is 0 Å². The van der Waals surface area contributed by atoms with Crippen molar-refractivity contribution >= 4 is 38.8 Å². The van der Waals surface area contributed by atoms with Gasteiger partial charge in [-0.15, -0.1) is 0 Å². The van der Waals surface area contributed by atoms with Gasteiger partial charge in [0, 0.05) is 11.3 Å². The van der Waals surface area contributed by atoms with Crippen molar-refractivity contribution in [3.63, 3.8) is 0 Å². The van der Waals surface area contributed by atoms with Gasteiger partial charge in [-0.3, -0.25) is 5.41 Å². The summed E-state index contributed by atoms with van der Waals surface area (Å²) in [6.45, 7) is 0. The molecule has 0 saturated carbocycles. The molecular weight excluding hydrogens is 314 g/mol. The second kappa shape index (κ2) is 5.97. The van der Waals surface area contributed by atoms with Crippen molar-refractivity contribution in [3.8, 4) is 0 Å². The zero-order chi connectivity index (χ0) is 13.0. The number of guanidine groups is 1. The molecule has 5 N–H and O–H groups in total. The number of nitrogens with one attached hydrogen (secondary N) is 1. The molecule has 0 amide bonds. The van der Waals surface area contributed by atoms with E-state index in [1.165, 1.54) is 6.07 Å². The molecule has 0 aromatic heterocycles. The number of benzene rings is 1. The molecule has 0 aliphatic rings. The lowest BCUT2D eigenvalue weighted by Crippen LogP contribution is -2.23. The van der Waals surface area contributed by atoms with Crippen LogP contribution in [0.15, 0.2) is 21.6 Å². The van der Waals surface area contributed by atoms with Crippen LogP contribution in [0, 0.1) is 17.0 Å². The van der Waals surface area contributed by atoms with E-state index in [1.54, 1.807) is 0 Å². The summed E-state index contributed by atoms with van der Waals surface area (Å²) in [4.78, 5) is 3.44. The smallest absolute Gasteiger partial charge is 0.193 e. The van der Waals surface area contributed by atoms with Crippen LogP contribution in [-0.4, -0.2) is 11.1 Å². The van der Waals surface area contributed by atoms with Crippen molar-refractivity contribution in [1.82, 2.24) is 0 Å². The van der Waals surface area contributed by atoms with Crippen molar-refractivity contribution < 1.29 is 8.78 Å². The van der Waals surface area contributed by atoms with Crippen LogP contribution in [0.3, 0.4) is 0 Å². The first kappa shape index (κ1) is 13.9. The molecule has 1 aromatic rings. The molecule has 17 heavy (non-hydrogen) atoms. The van der Waals surface area contributed by atoms with Crippen LogP contribution in [0.25, 0.3) is 0 Å². The topological polar surface area (TPSA) is 88.2 Å². The van der Waals surface area contributed by atoms with E-state index in [4.69, 9.17) is 16.9 Å². The molecule has 92 valence electrons. The standard InChI is InChI=1S/C9H9BrF2N4S/c10-5-1-2-6(11)4(7(5)12)3-17-9(15)16-8(13)14/h1-2H,3H2,(H5,13,14,15,16). The summed E-state index contributed by atoms with van der Waals surface area (Å²) in [6.07, 6.45) is 0. The fraction of sp³-hybridized carbons (Fsp3) is 0.111. The van der Waals surface area contributed by atoms with Crippen LogP contribution in [0.4, 0.5) is 8.78 Å². The average molecular weight is 323 g/mol. The molecule has 8 heteroatoms. The first-order chi connectivity index (χ1) is 7.91. The summed E-state index contributed by atoms with van der Waals surface area (Å²) in [6, 6.07) is 2.42. The van der Waals surface area contributed by atoms with E-state index >= 15 is 0 Å². The number of rotatable bonds is 2. The van der Waals surface area contributed by atoms with E-state index in [-0.39, 0.29) is 26.9 Å². The number of aliphatic imine (C=N–C) groups is 1. The normalized spacial score (nSPS) is 10.1. The van der Waals surface area contributed by atoms with Gasteiger partial charge in [-0.2, -0.15) is 4.99 Å². The van der Waals surface area contributed by atoms with Gasteiger partial charge in [-0.1, -0.05) is 11.8 Å². The Morgan fingerprint density at radius 2 is 2.06 bits per heavy atom.